The molecule has 3 fully saturated rings. The fourth-order valence-corrected chi connectivity index (χ4v) is 8.00. The number of amides is 1. The third-order valence-electron chi connectivity index (χ3n) is 9.76. The van der Waals surface area contributed by atoms with Crippen molar-refractivity contribution in [3.05, 3.63) is 23.3 Å². The highest BCUT2D eigenvalue weighted by atomic mass is 16.5. The van der Waals surface area contributed by atoms with Gasteiger partial charge in [-0.05, 0) is 80.6 Å². The Morgan fingerprint density at radius 2 is 1.87 bits per heavy atom. The minimum absolute atomic E-state index is 0.0576. The highest BCUT2D eigenvalue weighted by Gasteiger charge is 2.58. The number of fused-ring (bicyclic) bond motifs is 5. The summed E-state index contributed by atoms with van der Waals surface area (Å²) in [6, 6.07) is -0.432. The smallest absolute Gasteiger partial charge is 0.328 e. The van der Waals surface area contributed by atoms with Crippen molar-refractivity contribution in [2.24, 2.45) is 28.6 Å². The maximum absolute atomic E-state index is 13.6. The van der Waals surface area contributed by atoms with Gasteiger partial charge >= 0.3 is 5.97 Å². The Hall–Kier alpha value is -1.91. The van der Waals surface area contributed by atoms with Crippen LogP contribution in [-0.2, 0) is 19.1 Å². The summed E-state index contributed by atoms with van der Waals surface area (Å²) in [5.41, 5.74) is 2.37. The van der Waals surface area contributed by atoms with E-state index in [-0.39, 0.29) is 22.7 Å². The van der Waals surface area contributed by atoms with Crippen LogP contribution in [-0.4, -0.2) is 42.3 Å². The molecule has 0 spiro atoms. The molecule has 5 heteroatoms. The number of esters is 1. The summed E-state index contributed by atoms with van der Waals surface area (Å²) in [7, 11) is 1.40. The predicted molar refractivity (Wildman–Crippen MR) is 117 cm³/mol. The molecule has 4 aliphatic carbocycles. The number of ether oxygens (including phenoxy) is 1. The highest BCUT2D eigenvalue weighted by Crippen LogP contribution is 2.65. The molecular formula is C26H35NO4. The first kappa shape index (κ1) is 21.0. The lowest BCUT2D eigenvalue weighted by Crippen LogP contribution is -2.51. The van der Waals surface area contributed by atoms with Crippen LogP contribution in [0.3, 0.4) is 0 Å². The van der Waals surface area contributed by atoms with Crippen LogP contribution in [0.25, 0.3) is 0 Å². The van der Waals surface area contributed by atoms with E-state index in [4.69, 9.17) is 4.74 Å². The van der Waals surface area contributed by atoms with Crippen molar-refractivity contribution < 1.29 is 19.1 Å². The van der Waals surface area contributed by atoms with Gasteiger partial charge in [-0.2, -0.15) is 0 Å². The lowest BCUT2D eigenvalue weighted by atomic mass is 9.47. The van der Waals surface area contributed by atoms with Crippen molar-refractivity contribution in [1.82, 2.24) is 4.90 Å². The summed E-state index contributed by atoms with van der Waals surface area (Å²) in [6.45, 7) is 5.33. The van der Waals surface area contributed by atoms with Gasteiger partial charge in [-0.15, -0.1) is 0 Å². The minimum Gasteiger partial charge on any atom is -0.467 e. The SMILES string of the molecule is COC(=O)C1CCCN1C(=O)C1=CC[C@H]2[C@@H]3CCC4=CC(=O)CC[C@]4(C)[C@H]3CC[C@]12C. The molecule has 0 bridgehead atoms. The van der Waals surface area contributed by atoms with E-state index in [1.807, 2.05) is 6.08 Å². The first-order valence-electron chi connectivity index (χ1n) is 12.1. The van der Waals surface area contributed by atoms with Gasteiger partial charge in [0.1, 0.15) is 6.04 Å². The number of hydrogen-bond donors (Lipinski definition) is 0. The van der Waals surface area contributed by atoms with Gasteiger partial charge in [-0.3, -0.25) is 9.59 Å². The van der Waals surface area contributed by atoms with Gasteiger partial charge in [-0.25, -0.2) is 4.79 Å². The second-order valence-corrected chi connectivity index (χ2v) is 11.0. The van der Waals surface area contributed by atoms with Gasteiger partial charge in [0.25, 0.3) is 5.91 Å². The Labute approximate surface area is 185 Å². The largest absolute Gasteiger partial charge is 0.467 e. The highest BCUT2D eigenvalue weighted by molar-refractivity contribution is 5.98. The van der Waals surface area contributed by atoms with Crippen LogP contribution in [0.1, 0.15) is 71.6 Å². The molecule has 0 N–H and O–H groups in total. The number of methoxy groups -OCH3 is 1. The van der Waals surface area contributed by atoms with E-state index in [9.17, 15) is 14.4 Å². The maximum atomic E-state index is 13.6. The number of nitrogens with zero attached hydrogens (tertiary/aromatic N) is 1. The third kappa shape index (κ3) is 2.98. The zero-order valence-corrected chi connectivity index (χ0v) is 19.1. The standard InChI is InChI=1S/C26H35NO4/c1-25-12-10-17(28)15-16(25)6-7-18-19-8-9-21(26(19,2)13-11-20(18)25)23(29)27-14-4-5-22(27)24(30)31-3/h9,15,18-20,22H,4-8,10-14H2,1-3H3/t18-,19-,20-,22?,25-,26-/m0/s1. The van der Waals surface area contributed by atoms with Crippen LogP contribution >= 0.6 is 0 Å². The number of rotatable bonds is 2. The summed E-state index contributed by atoms with van der Waals surface area (Å²) >= 11 is 0. The number of hydrogen-bond acceptors (Lipinski definition) is 4. The molecule has 5 rings (SSSR count). The van der Waals surface area contributed by atoms with E-state index in [2.05, 4.69) is 19.9 Å². The first-order valence-corrected chi connectivity index (χ1v) is 12.1. The molecule has 6 atom stereocenters. The van der Waals surface area contributed by atoms with E-state index in [0.717, 1.165) is 50.5 Å². The molecule has 1 saturated heterocycles. The van der Waals surface area contributed by atoms with Crippen LogP contribution in [0.4, 0.5) is 0 Å². The van der Waals surface area contributed by atoms with Gasteiger partial charge < -0.3 is 9.64 Å². The molecule has 0 aromatic carbocycles. The minimum atomic E-state index is -0.432. The van der Waals surface area contributed by atoms with Crippen molar-refractivity contribution >= 4 is 17.7 Å². The van der Waals surface area contributed by atoms with Crippen LogP contribution in [0.15, 0.2) is 23.3 Å². The molecule has 5 aliphatic rings. The predicted octanol–water partition coefficient (Wildman–Crippen LogP) is 4.22. The number of carbonyl (C=O) groups is 3. The number of likely N-dealkylation sites (tertiary alicyclic amines) is 1. The quantitative estimate of drug-likeness (QED) is 0.622. The lowest BCUT2D eigenvalue weighted by Gasteiger charge is -2.57. The second-order valence-electron chi connectivity index (χ2n) is 11.0. The van der Waals surface area contributed by atoms with E-state index in [1.165, 1.54) is 12.7 Å². The average molecular weight is 426 g/mol. The molecule has 0 aromatic heterocycles. The Balaban J connectivity index is 1.39. The number of ketones is 1. The molecule has 1 aliphatic heterocycles. The van der Waals surface area contributed by atoms with Crippen molar-refractivity contribution in [3.63, 3.8) is 0 Å². The molecule has 1 heterocycles. The fraction of sp³-hybridized carbons (Fsp3) is 0.731. The Kier molecular flexibility index (Phi) is 4.95. The van der Waals surface area contributed by atoms with Gasteiger partial charge in [0.05, 0.1) is 7.11 Å². The normalized spacial score (nSPS) is 41.6. The Morgan fingerprint density at radius 3 is 2.65 bits per heavy atom. The average Bonchev–Trinajstić information content (AvgIpc) is 3.37. The summed E-state index contributed by atoms with van der Waals surface area (Å²) < 4.78 is 4.97. The lowest BCUT2D eigenvalue weighted by molar-refractivity contribution is -0.150. The molecule has 0 radical (unpaired) electrons. The molecular weight excluding hydrogens is 390 g/mol. The number of allylic oxidation sites excluding steroid dienone is 3. The van der Waals surface area contributed by atoms with Gasteiger partial charge in [0.15, 0.2) is 5.78 Å². The first-order chi connectivity index (χ1) is 14.8. The van der Waals surface area contributed by atoms with Gasteiger partial charge in [0.2, 0.25) is 0 Å². The molecule has 1 amide bonds. The molecule has 2 saturated carbocycles. The van der Waals surface area contributed by atoms with Gasteiger partial charge in [0, 0.05) is 24.0 Å². The van der Waals surface area contributed by atoms with Crippen molar-refractivity contribution in [3.8, 4) is 0 Å². The molecule has 0 aromatic rings. The molecule has 5 nitrogen and oxygen atoms in total. The summed E-state index contributed by atoms with van der Waals surface area (Å²) in [6.07, 6.45) is 12.6. The summed E-state index contributed by atoms with van der Waals surface area (Å²) in [5, 5.41) is 0. The summed E-state index contributed by atoms with van der Waals surface area (Å²) in [5.74, 6) is 1.76. The van der Waals surface area contributed by atoms with E-state index in [0.29, 0.717) is 42.9 Å². The molecule has 1 unspecified atom stereocenters. The molecule has 31 heavy (non-hydrogen) atoms. The molecule has 168 valence electrons. The van der Waals surface area contributed by atoms with E-state index in [1.54, 1.807) is 4.90 Å². The van der Waals surface area contributed by atoms with Gasteiger partial charge in [-0.1, -0.05) is 25.5 Å². The van der Waals surface area contributed by atoms with Crippen molar-refractivity contribution in [1.29, 1.82) is 0 Å². The zero-order chi connectivity index (χ0) is 22.0. The van der Waals surface area contributed by atoms with Crippen LogP contribution in [0.2, 0.25) is 0 Å². The van der Waals surface area contributed by atoms with Crippen molar-refractivity contribution in [2.75, 3.05) is 13.7 Å². The zero-order valence-electron chi connectivity index (χ0n) is 19.1. The van der Waals surface area contributed by atoms with E-state index < -0.39 is 6.04 Å². The van der Waals surface area contributed by atoms with E-state index >= 15 is 0 Å². The maximum Gasteiger partial charge on any atom is 0.328 e. The van der Waals surface area contributed by atoms with Crippen LogP contribution < -0.4 is 0 Å². The van der Waals surface area contributed by atoms with Crippen molar-refractivity contribution in [2.45, 2.75) is 77.7 Å². The Morgan fingerprint density at radius 1 is 1.06 bits per heavy atom. The summed E-state index contributed by atoms with van der Waals surface area (Å²) in [4.78, 5) is 39.7. The topological polar surface area (TPSA) is 63.7 Å². The number of carbonyl (C=O) groups excluding carboxylic acids is 3. The Bertz CT molecular complexity index is 888. The third-order valence-corrected chi connectivity index (χ3v) is 9.76. The second kappa shape index (κ2) is 7.31. The fourth-order valence-electron chi connectivity index (χ4n) is 8.00. The van der Waals surface area contributed by atoms with Crippen LogP contribution in [0.5, 0.6) is 0 Å². The monoisotopic (exact) mass is 425 g/mol. The van der Waals surface area contributed by atoms with Crippen LogP contribution in [0, 0.1) is 28.6 Å².